The minimum atomic E-state index is 0.147. The van der Waals surface area contributed by atoms with E-state index in [1.165, 1.54) is 5.56 Å². The standard InChI is InChI=1S/C14H12N2/c15-9-6-14(12-4-2-1-3-5-12)13-7-10-16-11-8-13/h1-5,7-8,10-11,14H,6H2. The zero-order chi connectivity index (χ0) is 11.2. The Labute approximate surface area is 95.2 Å². The zero-order valence-corrected chi connectivity index (χ0v) is 8.88. The molecule has 78 valence electrons. The Hall–Kier alpha value is -2.14. The third kappa shape index (κ3) is 2.26. The fraction of sp³-hybridized carbons (Fsp3) is 0.143. The maximum atomic E-state index is 8.89. The van der Waals surface area contributed by atoms with Gasteiger partial charge in [-0.1, -0.05) is 30.3 Å². The van der Waals surface area contributed by atoms with Crippen molar-refractivity contribution >= 4 is 0 Å². The molecule has 0 fully saturated rings. The monoisotopic (exact) mass is 208 g/mol. The first-order chi connectivity index (χ1) is 7.92. The minimum Gasteiger partial charge on any atom is -0.265 e. The maximum absolute atomic E-state index is 8.89. The van der Waals surface area contributed by atoms with Gasteiger partial charge in [0.05, 0.1) is 6.07 Å². The predicted molar refractivity (Wildman–Crippen MR) is 62.8 cm³/mol. The second-order valence-electron chi connectivity index (χ2n) is 3.61. The van der Waals surface area contributed by atoms with E-state index in [0.29, 0.717) is 6.42 Å². The van der Waals surface area contributed by atoms with Gasteiger partial charge in [-0.3, -0.25) is 4.98 Å². The molecule has 0 N–H and O–H groups in total. The molecule has 1 aromatic carbocycles. The maximum Gasteiger partial charge on any atom is 0.0631 e. The molecule has 1 unspecified atom stereocenters. The van der Waals surface area contributed by atoms with Crippen molar-refractivity contribution < 1.29 is 0 Å². The molecule has 0 radical (unpaired) electrons. The number of nitriles is 1. The van der Waals surface area contributed by atoms with Crippen LogP contribution in [0.15, 0.2) is 54.9 Å². The summed E-state index contributed by atoms with van der Waals surface area (Å²) in [4.78, 5) is 4.00. The van der Waals surface area contributed by atoms with Gasteiger partial charge < -0.3 is 0 Å². The van der Waals surface area contributed by atoms with Gasteiger partial charge in [0.1, 0.15) is 0 Å². The van der Waals surface area contributed by atoms with Gasteiger partial charge in [-0.2, -0.15) is 5.26 Å². The normalized spacial score (nSPS) is 11.7. The molecule has 0 aliphatic rings. The summed E-state index contributed by atoms with van der Waals surface area (Å²) < 4.78 is 0. The smallest absolute Gasteiger partial charge is 0.0631 e. The average Bonchev–Trinajstić information content (AvgIpc) is 2.38. The Bertz CT molecular complexity index is 432. The summed E-state index contributed by atoms with van der Waals surface area (Å²) in [7, 11) is 0. The third-order valence-electron chi connectivity index (χ3n) is 2.61. The van der Waals surface area contributed by atoms with Crippen LogP contribution >= 0.6 is 0 Å². The van der Waals surface area contributed by atoms with Crippen LogP contribution in [0.2, 0.25) is 0 Å². The number of hydrogen-bond donors (Lipinski definition) is 0. The van der Waals surface area contributed by atoms with Crippen LogP contribution in [-0.2, 0) is 0 Å². The highest BCUT2D eigenvalue weighted by molar-refractivity contribution is 5.32. The van der Waals surface area contributed by atoms with Gasteiger partial charge in [0.25, 0.3) is 0 Å². The molecule has 0 spiro atoms. The number of benzene rings is 1. The molecule has 2 nitrogen and oxygen atoms in total. The van der Waals surface area contributed by atoms with Gasteiger partial charge in [0.2, 0.25) is 0 Å². The zero-order valence-electron chi connectivity index (χ0n) is 8.88. The van der Waals surface area contributed by atoms with Crippen LogP contribution in [0, 0.1) is 11.3 Å². The Balaban J connectivity index is 2.36. The molecule has 2 heteroatoms. The van der Waals surface area contributed by atoms with E-state index in [1.807, 2.05) is 30.3 Å². The Morgan fingerprint density at radius 2 is 1.62 bits per heavy atom. The van der Waals surface area contributed by atoms with Crippen LogP contribution in [0.3, 0.4) is 0 Å². The number of hydrogen-bond acceptors (Lipinski definition) is 2. The van der Waals surface area contributed by atoms with Crippen LogP contribution in [0.1, 0.15) is 23.5 Å². The molecular weight excluding hydrogens is 196 g/mol. The van der Waals surface area contributed by atoms with Crippen molar-refractivity contribution in [1.29, 1.82) is 5.26 Å². The average molecular weight is 208 g/mol. The molecular formula is C14H12N2. The largest absolute Gasteiger partial charge is 0.265 e. The van der Waals surface area contributed by atoms with E-state index < -0.39 is 0 Å². The molecule has 0 aliphatic carbocycles. The van der Waals surface area contributed by atoms with Crippen LogP contribution in [0.25, 0.3) is 0 Å². The Morgan fingerprint density at radius 1 is 1.00 bits per heavy atom. The first-order valence-electron chi connectivity index (χ1n) is 5.23. The lowest BCUT2D eigenvalue weighted by molar-refractivity contribution is 0.835. The van der Waals surface area contributed by atoms with E-state index in [0.717, 1.165) is 5.56 Å². The van der Waals surface area contributed by atoms with E-state index in [4.69, 9.17) is 5.26 Å². The van der Waals surface area contributed by atoms with E-state index >= 15 is 0 Å². The summed E-state index contributed by atoms with van der Waals surface area (Å²) in [5.74, 6) is 0.147. The topological polar surface area (TPSA) is 36.7 Å². The summed E-state index contributed by atoms with van der Waals surface area (Å²) >= 11 is 0. The lowest BCUT2D eigenvalue weighted by Gasteiger charge is -2.13. The van der Waals surface area contributed by atoms with Crippen molar-refractivity contribution in [3.05, 3.63) is 66.0 Å². The molecule has 0 amide bonds. The third-order valence-corrected chi connectivity index (χ3v) is 2.61. The van der Waals surface area contributed by atoms with Crippen LogP contribution in [0.4, 0.5) is 0 Å². The van der Waals surface area contributed by atoms with Crippen molar-refractivity contribution in [3.8, 4) is 6.07 Å². The van der Waals surface area contributed by atoms with Crippen molar-refractivity contribution in [3.63, 3.8) is 0 Å². The van der Waals surface area contributed by atoms with E-state index in [2.05, 4.69) is 23.2 Å². The number of rotatable bonds is 3. The van der Waals surface area contributed by atoms with Crippen LogP contribution in [0.5, 0.6) is 0 Å². The van der Waals surface area contributed by atoms with Gasteiger partial charge in [0, 0.05) is 24.7 Å². The molecule has 1 heterocycles. The second kappa shape index (κ2) is 5.09. The van der Waals surface area contributed by atoms with E-state index in [-0.39, 0.29) is 5.92 Å². The summed E-state index contributed by atoms with van der Waals surface area (Å²) in [5.41, 5.74) is 2.32. The highest BCUT2D eigenvalue weighted by atomic mass is 14.6. The highest BCUT2D eigenvalue weighted by Crippen LogP contribution is 2.26. The van der Waals surface area contributed by atoms with Crippen molar-refractivity contribution in [2.75, 3.05) is 0 Å². The molecule has 0 bridgehead atoms. The van der Waals surface area contributed by atoms with Crippen molar-refractivity contribution in [2.24, 2.45) is 0 Å². The first-order valence-corrected chi connectivity index (χ1v) is 5.23. The van der Waals surface area contributed by atoms with Crippen LogP contribution in [-0.4, -0.2) is 4.98 Å². The summed E-state index contributed by atoms with van der Waals surface area (Å²) in [6.45, 7) is 0. The van der Waals surface area contributed by atoms with Gasteiger partial charge in [-0.05, 0) is 23.3 Å². The number of nitrogens with zero attached hydrogens (tertiary/aromatic N) is 2. The minimum absolute atomic E-state index is 0.147. The van der Waals surface area contributed by atoms with Gasteiger partial charge in [0.15, 0.2) is 0 Å². The Kier molecular flexibility index (Phi) is 3.30. The second-order valence-corrected chi connectivity index (χ2v) is 3.61. The SMILES string of the molecule is N#CCC(c1ccccc1)c1ccncc1. The molecule has 0 saturated carbocycles. The van der Waals surface area contributed by atoms with Crippen LogP contribution < -0.4 is 0 Å². The quantitative estimate of drug-likeness (QED) is 0.777. The van der Waals surface area contributed by atoms with Gasteiger partial charge >= 0.3 is 0 Å². The molecule has 1 atom stereocenters. The Morgan fingerprint density at radius 3 is 2.25 bits per heavy atom. The molecule has 0 aliphatic heterocycles. The highest BCUT2D eigenvalue weighted by Gasteiger charge is 2.12. The first kappa shape index (κ1) is 10.4. The molecule has 0 saturated heterocycles. The van der Waals surface area contributed by atoms with Crippen molar-refractivity contribution in [2.45, 2.75) is 12.3 Å². The number of pyridine rings is 1. The lowest BCUT2D eigenvalue weighted by Crippen LogP contribution is -1.99. The molecule has 1 aromatic heterocycles. The number of aromatic nitrogens is 1. The predicted octanol–water partition coefficient (Wildman–Crippen LogP) is 3.13. The van der Waals surface area contributed by atoms with Gasteiger partial charge in [-0.15, -0.1) is 0 Å². The molecule has 2 aromatic rings. The summed E-state index contributed by atoms with van der Waals surface area (Å²) in [5, 5.41) is 8.89. The van der Waals surface area contributed by atoms with Gasteiger partial charge in [-0.25, -0.2) is 0 Å². The fourth-order valence-corrected chi connectivity index (χ4v) is 1.80. The van der Waals surface area contributed by atoms with E-state index in [1.54, 1.807) is 12.4 Å². The molecule has 2 rings (SSSR count). The summed E-state index contributed by atoms with van der Waals surface area (Å²) in [6, 6.07) is 16.3. The molecule has 16 heavy (non-hydrogen) atoms. The fourth-order valence-electron chi connectivity index (χ4n) is 1.80. The van der Waals surface area contributed by atoms with Crippen molar-refractivity contribution in [1.82, 2.24) is 4.98 Å². The lowest BCUT2D eigenvalue weighted by atomic mass is 9.90. The van der Waals surface area contributed by atoms with E-state index in [9.17, 15) is 0 Å². The summed E-state index contributed by atoms with van der Waals surface area (Å²) in [6.07, 6.45) is 4.03.